The fourth-order valence-electron chi connectivity index (χ4n) is 8.34. The first kappa shape index (κ1) is 28.1. The number of likely N-dealkylation sites (tertiary alicyclic amines) is 1. The van der Waals surface area contributed by atoms with Crippen LogP contribution in [0.2, 0.25) is 0 Å². The quantitative estimate of drug-likeness (QED) is 0.306. The van der Waals surface area contributed by atoms with Crippen LogP contribution in [0.15, 0.2) is 90.5 Å². The van der Waals surface area contributed by atoms with Crippen molar-refractivity contribution >= 4 is 29.3 Å². The average Bonchev–Trinajstić information content (AvgIpc) is 3.40. The molecule has 8 nitrogen and oxygen atoms in total. The molecule has 7 rings (SSSR count). The number of imide groups is 2. The molecular weight excluding hydrogens is 554 g/mol. The van der Waals surface area contributed by atoms with Crippen LogP contribution in [-0.2, 0) is 24.6 Å². The van der Waals surface area contributed by atoms with Crippen LogP contribution in [0.3, 0.4) is 0 Å². The molecule has 2 aliphatic carbocycles. The third kappa shape index (κ3) is 3.96. The van der Waals surface area contributed by atoms with E-state index in [2.05, 4.69) is 5.43 Å². The molecule has 3 aromatic rings. The summed E-state index contributed by atoms with van der Waals surface area (Å²) in [6.07, 6.45) is 3.35. The van der Waals surface area contributed by atoms with Crippen molar-refractivity contribution in [1.82, 2.24) is 9.91 Å². The van der Waals surface area contributed by atoms with E-state index in [1.165, 1.54) is 4.90 Å². The van der Waals surface area contributed by atoms with Gasteiger partial charge in [0, 0.05) is 12.5 Å². The van der Waals surface area contributed by atoms with Gasteiger partial charge in [0.05, 0.1) is 28.9 Å². The molecule has 0 radical (unpaired) electrons. The number of fused-ring (bicyclic) bond motifs is 4. The summed E-state index contributed by atoms with van der Waals surface area (Å²) in [4.78, 5) is 58.2. The van der Waals surface area contributed by atoms with Crippen LogP contribution in [0.4, 0.5) is 5.69 Å². The second-order valence-corrected chi connectivity index (χ2v) is 12.5. The van der Waals surface area contributed by atoms with Gasteiger partial charge in [-0.2, -0.15) is 5.01 Å². The maximum absolute atomic E-state index is 15.0. The Morgan fingerprint density at radius 2 is 1.64 bits per heavy atom. The summed E-state index contributed by atoms with van der Waals surface area (Å²) in [7, 11) is 0. The standard InChI is InChI=1S/C36H35N3O5/c1-3-18-38-32(41)27-17-16-26-28(30(27)34(38)43)20-29-33(42)39(37-24-14-12-21(2)13-15-24)35(44)36(29,23-9-5-4-6-10-23)31(26)22-8-7-11-25(40)19-22/h4-16,19,27-31,37,40H,3,17-18,20H2,1-2H3. The maximum Gasteiger partial charge on any atom is 0.260 e. The number of benzene rings is 3. The lowest BCUT2D eigenvalue weighted by Crippen LogP contribution is -2.53. The van der Waals surface area contributed by atoms with Crippen molar-refractivity contribution in [3.8, 4) is 5.75 Å². The molecule has 6 atom stereocenters. The van der Waals surface area contributed by atoms with E-state index in [4.69, 9.17) is 0 Å². The van der Waals surface area contributed by atoms with Gasteiger partial charge in [0.1, 0.15) is 5.75 Å². The molecule has 3 aromatic carbocycles. The number of phenols is 1. The van der Waals surface area contributed by atoms with E-state index in [9.17, 15) is 24.3 Å². The molecule has 8 heteroatoms. The van der Waals surface area contributed by atoms with E-state index < -0.39 is 35.0 Å². The molecule has 4 amide bonds. The number of carbonyl (C=O) groups is 4. The molecule has 2 saturated heterocycles. The summed E-state index contributed by atoms with van der Waals surface area (Å²) in [5, 5.41) is 11.8. The van der Waals surface area contributed by atoms with Crippen molar-refractivity contribution in [3.63, 3.8) is 0 Å². The van der Waals surface area contributed by atoms with Crippen LogP contribution in [0.5, 0.6) is 5.75 Å². The van der Waals surface area contributed by atoms with Crippen molar-refractivity contribution in [2.24, 2.45) is 23.7 Å². The highest BCUT2D eigenvalue weighted by Crippen LogP contribution is 2.64. The van der Waals surface area contributed by atoms with E-state index in [1.807, 2.05) is 80.6 Å². The van der Waals surface area contributed by atoms with Gasteiger partial charge in [-0.25, -0.2) is 0 Å². The number of phenolic OH excluding ortho intramolecular Hbond substituents is 1. The van der Waals surface area contributed by atoms with E-state index in [-0.39, 0.29) is 35.8 Å². The zero-order valence-corrected chi connectivity index (χ0v) is 24.8. The van der Waals surface area contributed by atoms with Crippen molar-refractivity contribution in [1.29, 1.82) is 0 Å². The average molecular weight is 590 g/mol. The van der Waals surface area contributed by atoms with Gasteiger partial charge < -0.3 is 5.11 Å². The predicted molar refractivity (Wildman–Crippen MR) is 164 cm³/mol. The SMILES string of the molecule is CCCN1C(=O)C2CC=C3C(CC4C(=O)N(Nc5ccc(C)cc5)C(=O)C4(c4ccccc4)C3c3cccc(O)c3)C2C1=O. The molecule has 44 heavy (non-hydrogen) atoms. The Bertz CT molecular complexity index is 1700. The van der Waals surface area contributed by atoms with E-state index in [0.29, 0.717) is 36.2 Å². The lowest BCUT2D eigenvalue weighted by molar-refractivity contribution is -0.141. The Balaban J connectivity index is 1.44. The number of aryl methyl sites for hydroxylation is 1. The van der Waals surface area contributed by atoms with E-state index in [0.717, 1.165) is 16.1 Å². The zero-order chi connectivity index (χ0) is 30.7. The summed E-state index contributed by atoms with van der Waals surface area (Å²) in [6.45, 7) is 4.28. The van der Waals surface area contributed by atoms with Gasteiger partial charge in [0.2, 0.25) is 11.8 Å². The smallest absolute Gasteiger partial charge is 0.260 e. The lowest BCUT2D eigenvalue weighted by Gasteiger charge is -2.50. The van der Waals surface area contributed by atoms with Crippen molar-refractivity contribution in [3.05, 3.63) is 107 Å². The minimum atomic E-state index is -1.34. The third-order valence-electron chi connectivity index (χ3n) is 10.1. The number of amides is 4. The fourth-order valence-corrected chi connectivity index (χ4v) is 8.34. The molecular formula is C36H35N3O5. The van der Waals surface area contributed by atoms with Crippen molar-refractivity contribution in [2.75, 3.05) is 12.0 Å². The first-order valence-electron chi connectivity index (χ1n) is 15.4. The van der Waals surface area contributed by atoms with Crippen molar-refractivity contribution < 1.29 is 24.3 Å². The number of rotatable bonds is 6. The molecule has 224 valence electrons. The minimum absolute atomic E-state index is 0.0475. The van der Waals surface area contributed by atoms with Gasteiger partial charge >= 0.3 is 0 Å². The van der Waals surface area contributed by atoms with Gasteiger partial charge in [-0.1, -0.05) is 78.7 Å². The number of hydrogen-bond acceptors (Lipinski definition) is 6. The molecule has 0 aromatic heterocycles. The molecule has 6 unspecified atom stereocenters. The minimum Gasteiger partial charge on any atom is -0.508 e. The molecule has 1 saturated carbocycles. The highest BCUT2D eigenvalue weighted by Gasteiger charge is 2.70. The number of hydrazine groups is 1. The van der Waals surface area contributed by atoms with Crippen LogP contribution in [-0.4, -0.2) is 45.2 Å². The highest BCUT2D eigenvalue weighted by atomic mass is 16.3. The Labute approximate surface area is 256 Å². The van der Waals surface area contributed by atoms with Crippen LogP contribution in [0.1, 0.15) is 48.8 Å². The van der Waals surface area contributed by atoms with Gasteiger partial charge in [-0.15, -0.1) is 0 Å². The molecule has 3 fully saturated rings. The number of aromatic hydroxyl groups is 1. The lowest BCUT2D eigenvalue weighted by atomic mass is 9.49. The van der Waals surface area contributed by atoms with E-state index >= 15 is 0 Å². The predicted octanol–water partition coefficient (Wildman–Crippen LogP) is 5.10. The largest absolute Gasteiger partial charge is 0.508 e. The molecule has 0 bridgehead atoms. The summed E-state index contributed by atoms with van der Waals surface area (Å²) in [5.41, 5.74) is 5.70. The molecule has 2 heterocycles. The maximum atomic E-state index is 15.0. The fraction of sp³-hybridized carbons (Fsp3) is 0.333. The van der Waals surface area contributed by atoms with Crippen LogP contribution in [0, 0.1) is 30.6 Å². The summed E-state index contributed by atoms with van der Waals surface area (Å²) < 4.78 is 0. The Morgan fingerprint density at radius 1 is 0.886 bits per heavy atom. The summed E-state index contributed by atoms with van der Waals surface area (Å²) >= 11 is 0. The topological polar surface area (TPSA) is 107 Å². The van der Waals surface area contributed by atoms with Crippen LogP contribution in [0.25, 0.3) is 0 Å². The monoisotopic (exact) mass is 589 g/mol. The summed E-state index contributed by atoms with van der Waals surface area (Å²) in [5.74, 6) is -3.98. The number of anilines is 1. The number of nitrogens with one attached hydrogen (secondary N) is 1. The van der Waals surface area contributed by atoms with Crippen molar-refractivity contribution in [2.45, 2.75) is 44.4 Å². The van der Waals surface area contributed by atoms with Gasteiger partial charge in [-0.3, -0.25) is 29.5 Å². The normalized spacial score (nSPS) is 29.3. The number of allylic oxidation sites excluding steroid dienone is 2. The Kier molecular flexibility index (Phi) is 6.68. The Hall–Kier alpha value is -4.72. The number of nitrogens with zero attached hydrogens (tertiary/aromatic N) is 2. The number of hydrogen-bond donors (Lipinski definition) is 2. The van der Waals surface area contributed by atoms with Crippen LogP contribution < -0.4 is 5.43 Å². The first-order chi connectivity index (χ1) is 21.3. The molecule has 4 aliphatic rings. The highest BCUT2D eigenvalue weighted by molar-refractivity contribution is 6.13. The van der Waals surface area contributed by atoms with Gasteiger partial charge in [-0.05, 0) is 67.5 Å². The third-order valence-corrected chi connectivity index (χ3v) is 10.1. The van der Waals surface area contributed by atoms with Crippen LogP contribution >= 0.6 is 0 Å². The van der Waals surface area contributed by atoms with E-state index in [1.54, 1.807) is 18.2 Å². The first-order valence-corrected chi connectivity index (χ1v) is 15.4. The van der Waals surface area contributed by atoms with Gasteiger partial charge in [0.25, 0.3) is 11.8 Å². The summed E-state index contributed by atoms with van der Waals surface area (Å²) in [6, 6.07) is 23.7. The Morgan fingerprint density at radius 3 is 2.34 bits per heavy atom. The number of carbonyl (C=O) groups excluding carboxylic acids is 4. The van der Waals surface area contributed by atoms with Gasteiger partial charge in [0.15, 0.2) is 0 Å². The zero-order valence-electron chi connectivity index (χ0n) is 24.8. The molecule has 0 spiro atoms. The second kappa shape index (κ2) is 10.5. The molecule has 2 N–H and O–H groups in total. The molecule has 2 aliphatic heterocycles. The second-order valence-electron chi connectivity index (χ2n) is 12.5.